The molecule has 0 saturated carbocycles. The highest BCUT2D eigenvalue weighted by Crippen LogP contribution is 2.30. The molecule has 1 N–H and O–H groups in total. The molecule has 96 valence electrons. The van der Waals surface area contributed by atoms with Gasteiger partial charge in [0.05, 0.1) is 11.8 Å². The summed E-state index contributed by atoms with van der Waals surface area (Å²) in [6.45, 7) is 8.60. The van der Waals surface area contributed by atoms with Gasteiger partial charge in [-0.05, 0) is 33.3 Å². The summed E-state index contributed by atoms with van der Waals surface area (Å²) < 4.78 is 14.0. The summed E-state index contributed by atoms with van der Waals surface area (Å²) in [5.74, 6) is -0.259. The molecule has 1 rings (SSSR count). The normalized spacial score (nSPS) is 12.9. The second kappa shape index (κ2) is 6.01. The highest BCUT2D eigenvalue weighted by Gasteiger charge is 2.20. The molecule has 0 aromatic heterocycles. The van der Waals surface area contributed by atoms with E-state index in [0.717, 1.165) is 13.0 Å². The van der Waals surface area contributed by atoms with Crippen molar-refractivity contribution < 1.29 is 9.50 Å². The van der Waals surface area contributed by atoms with Crippen molar-refractivity contribution in [2.45, 2.75) is 46.3 Å². The number of anilines is 1. The molecule has 0 saturated heterocycles. The Morgan fingerprint density at radius 3 is 2.41 bits per heavy atom. The number of benzene rings is 1. The molecule has 0 spiro atoms. The van der Waals surface area contributed by atoms with Crippen molar-refractivity contribution in [2.75, 3.05) is 11.4 Å². The van der Waals surface area contributed by atoms with E-state index in [-0.39, 0.29) is 11.9 Å². The van der Waals surface area contributed by atoms with E-state index in [2.05, 4.69) is 6.92 Å². The van der Waals surface area contributed by atoms with Crippen LogP contribution in [0.15, 0.2) is 18.2 Å². The maximum absolute atomic E-state index is 14.0. The molecule has 0 unspecified atom stereocenters. The molecule has 2 nitrogen and oxygen atoms in total. The lowest BCUT2D eigenvalue weighted by Crippen LogP contribution is -2.33. The zero-order chi connectivity index (χ0) is 13.0. The van der Waals surface area contributed by atoms with Gasteiger partial charge in [0.15, 0.2) is 0 Å². The van der Waals surface area contributed by atoms with Crippen molar-refractivity contribution in [1.82, 2.24) is 0 Å². The molecule has 0 aliphatic heterocycles. The van der Waals surface area contributed by atoms with Crippen molar-refractivity contribution in [3.8, 4) is 0 Å². The Hall–Kier alpha value is -1.09. The molecule has 1 atom stereocenters. The second-order valence-electron chi connectivity index (χ2n) is 4.64. The Balaban J connectivity index is 3.25. The van der Waals surface area contributed by atoms with Crippen LogP contribution in [0.1, 0.15) is 45.8 Å². The summed E-state index contributed by atoms with van der Waals surface area (Å²) in [5.41, 5.74) is 1.20. The summed E-state index contributed by atoms with van der Waals surface area (Å²) >= 11 is 0. The maximum atomic E-state index is 14.0. The van der Waals surface area contributed by atoms with Crippen LogP contribution in [0.2, 0.25) is 0 Å². The van der Waals surface area contributed by atoms with Crippen molar-refractivity contribution in [1.29, 1.82) is 0 Å². The van der Waals surface area contributed by atoms with Crippen LogP contribution in [-0.4, -0.2) is 17.7 Å². The number of halogens is 1. The zero-order valence-electron chi connectivity index (χ0n) is 11.1. The number of nitrogens with zero attached hydrogens (tertiary/aromatic N) is 1. The summed E-state index contributed by atoms with van der Waals surface area (Å²) in [5, 5.41) is 9.73. The van der Waals surface area contributed by atoms with Gasteiger partial charge in [-0.25, -0.2) is 4.39 Å². The Bertz CT molecular complexity index is 363. The van der Waals surface area contributed by atoms with E-state index >= 15 is 0 Å². The average molecular weight is 239 g/mol. The van der Waals surface area contributed by atoms with Crippen molar-refractivity contribution in [3.63, 3.8) is 0 Å². The number of hydrogen-bond donors (Lipinski definition) is 1. The first-order chi connectivity index (χ1) is 7.99. The maximum Gasteiger partial charge on any atom is 0.146 e. The summed E-state index contributed by atoms with van der Waals surface area (Å²) in [4.78, 5) is 2.01. The Morgan fingerprint density at radius 1 is 1.29 bits per heavy atom. The highest BCUT2D eigenvalue weighted by atomic mass is 19.1. The minimum absolute atomic E-state index is 0.212. The van der Waals surface area contributed by atoms with Gasteiger partial charge in [-0.2, -0.15) is 0 Å². The van der Waals surface area contributed by atoms with Gasteiger partial charge in [0.25, 0.3) is 0 Å². The standard InChI is InChI=1S/C14H22FNO/c1-5-9-16(10(2)3)14-12(11(4)17)7-6-8-13(14)15/h6-8,10-11,17H,5,9H2,1-4H3/t11-/m0/s1. The van der Waals surface area contributed by atoms with Crippen LogP contribution in [-0.2, 0) is 0 Å². The van der Waals surface area contributed by atoms with Gasteiger partial charge in [-0.1, -0.05) is 19.1 Å². The van der Waals surface area contributed by atoms with Gasteiger partial charge in [0.2, 0.25) is 0 Å². The first-order valence-electron chi connectivity index (χ1n) is 6.22. The van der Waals surface area contributed by atoms with Gasteiger partial charge in [0.1, 0.15) is 5.82 Å². The van der Waals surface area contributed by atoms with E-state index in [4.69, 9.17) is 0 Å². The predicted octanol–water partition coefficient (Wildman–Crippen LogP) is 3.50. The molecule has 0 amide bonds. The van der Waals surface area contributed by atoms with Gasteiger partial charge < -0.3 is 10.0 Å². The molecule has 0 radical (unpaired) electrons. The van der Waals surface area contributed by atoms with E-state index in [1.54, 1.807) is 19.1 Å². The van der Waals surface area contributed by atoms with Crippen LogP contribution in [0.3, 0.4) is 0 Å². The topological polar surface area (TPSA) is 23.5 Å². The Labute approximate surface area is 103 Å². The van der Waals surface area contributed by atoms with Gasteiger partial charge in [-0.3, -0.25) is 0 Å². The fraction of sp³-hybridized carbons (Fsp3) is 0.571. The van der Waals surface area contributed by atoms with Gasteiger partial charge in [-0.15, -0.1) is 0 Å². The SMILES string of the molecule is CCCN(c1c(F)cccc1[C@H](C)O)C(C)C. The highest BCUT2D eigenvalue weighted by molar-refractivity contribution is 5.56. The number of hydrogen-bond acceptors (Lipinski definition) is 2. The van der Waals surface area contributed by atoms with Gasteiger partial charge >= 0.3 is 0 Å². The molecule has 0 heterocycles. The van der Waals surface area contributed by atoms with Crippen LogP contribution >= 0.6 is 0 Å². The molecule has 0 fully saturated rings. The summed E-state index contributed by atoms with van der Waals surface area (Å²) in [7, 11) is 0. The molecular formula is C14H22FNO. The van der Waals surface area contributed by atoms with Crippen molar-refractivity contribution in [3.05, 3.63) is 29.6 Å². The van der Waals surface area contributed by atoms with Crippen molar-refractivity contribution in [2.24, 2.45) is 0 Å². The quantitative estimate of drug-likeness (QED) is 0.850. The largest absolute Gasteiger partial charge is 0.389 e. The van der Waals surface area contributed by atoms with Crippen LogP contribution in [0, 0.1) is 5.82 Å². The van der Waals surface area contributed by atoms with Crippen LogP contribution < -0.4 is 4.90 Å². The fourth-order valence-electron chi connectivity index (χ4n) is 2.04. The number of para-hydroxylation sites is 1. The van der Waals surface area contributed by atoms with Crippen molar-refractivity contribution >= 4 is 5.69 Å². The van der Waals surface area contributed by atoms with E-state index in [9.17, 15) is 9.50 Å². The zero-order valence-corrected chi connectivity index (χ0v) is 11.1. The lowest BCUT2D eigenvalue weighted by molar-refractivity contribution is 0.199. The number of rotatable bonds is 5. The van der Waals surface area contributed by atoms with Crippen LogP contribution in [0.5, 0.6) is 0 Å². The minimum atomic E-state index is -0.654. The number of aliphatic hydroxyl groups is 1. The molecule has 0 aliphatic carbocycles. The van der Waals surface area contributed by atoms with Gasteiger partial charge in [0, 0.05) is 18.2 Å². The predicted molar refractivity (Wildman–Crippen MR) is 69.8 cm³/mol. The molecule has 3 heteroatoms. The lowest BCUT2D eigenvalue weighted by atomic mass is 10.1. The van der Waals surface area contributed by atoms with E-state index in [0.29, 0.717) is 11.3 Å². The lowest BCUT2D eigenvalue weighted by Gasteiger charge is -2.31. The first-order valence-corrected chi connectivity index (χ1v) is 6.22. The molecule has 0 aliphatic rings. The van der Waals surface area contributed by atoms with E-state index < -0.39 is 6.10 Å². The average Bonchev–Trinajstić information content (AvgIpc) is 2.25. The minimum Gasteiger partial charge on any atom is -0.389 e. The monoisotopic (exact) mass is 239 g/mol. The second-order valence-corrected chi connectivity index (χ2v) is 4.64. The Kier molecular flexibility index (Phi) is 4.94. The molecule has 0 bridgehead atoms. The third-order valence-corrected chi connectivity index (χ3v) is 2.84. The first kappa shape index (κ1) is 14.0. The summed E-state index contributed by atoms with van der Waals surface area (Å²) in [6.07, 6.45) is 0.296. The van der Waals surface area contributed by atoms with Crippen LogP contribution in [0.4, 0.5) is 10.1 Å². The van der Waals surface area contributed by atoms with Crippen LogP contribution in [0.25, 0.3) is 0 Å². The Morgan fingerprint density at radius 2 is 1.94 bits per heavy atom. The third kappa shape index (κ3) is 3.19. The van der Waals surface area contributed by atoms with E-state index in [1.165, 1.54) is 6.07 Å². The fourth-order valence-corrected chi connectivity index (χ4v) is 2.04. The molecule has 1 aromatic carbocycles. The molecule has 1 aromatic rings. The van der Waals surface area contributed by atoms with E-state index in [1.807, 2.05) is 18.7 Å². The molecular weight excluding hydrogens is 217 g/mol. The third-order valence-electron chi connectivity index (χ3n) is 2.84. The summed E-state index contributed by atoms with van der Waals surface area (Å²) in [6, 6.07) is 5.09. The number of aliphatic hydroxyl groups excluding tert-OH is 1. The smallest absolute Gasteiger partial charge is 0.146 e. The molecule has 17 heavy (non-hydrogen) atoms.